The summed E-state index contributed by atoms with van der Waals surface area (Å²) in [6, 6.07) is 61.2. The number of pyridine rings is 2. The minimum Gasteiger partial charge on any atom is -0.355 e. The molecule has 0 unspecified atom stereocenters. The third kappa shape index (κ3) is 5.30. The Hall–Kier alpha value is -7.37. The maximum Gasteiger partial charge on any atom is 0.138 e. The van der Waals surface area contributed by atoms with Gasteiger partial charge in [-0.3, -0.25) is 9.55 Å². The Morgan fingerprint density at radius 1 is 0.519 bits per heavy atom. The van der Waals surface area contributed by atoms with Gasteiger partial charge >= 0.3 is 0 Å². The number of nitrogens with zero attached hydrogens (tertiary/aromatic N) is 3. The van der Waals surface area contributed by atoms with E-state index in [-0.39, 0.29) is 0 Å². The second kappa shape index (κ2) is 13.0. The molecule has 10 aromatic rings. The van der Waals surface area contributed by atoms with Crippen LogP contribution in [0.2, 0.25) is 0 Å². The summed E-state index contributed by atoms with van der Waals surface area (Å²) >= 11 is 0. The van der Waals surface area contributed by atoms with E-state index in [1.165, 1.54) is 38.9 Å². The van der Waals surface area contributed by atoms with Gasteiger partial charge in [0.05, 0.1) is 22.4 Å². The zero-order valence-electron chi connectivity index (χ0n) is 29.2. The zero-order chi connectivity index (χ0) is 36.0. The number of hydrogen-bond acceptors (Lipinski definition) is 4. The van der Waals surface area contributed by atoms with Crippen LogP contribution in [0.4, 0.5) is 11.4 Å². The lowest BCUT2D eigenvalue weighted by Crippen LogP contribution is -2.01. The SMILES string of the molecule is N=Cc1cc2c3c4c(ccc3n(-c3cc(-c5ccccn5)cc(-c5ccccc5)n3)c2cc1Nc1ccccc1)c(-c1ccccc1)cc1ccccc14. The lowest BCUT2D eigenvalue weighted by molar-refractivity contribution is 1.08. The molecule has 3 aromatic heterocycles. The van der Waals surface area contributed by atoms with Gasteiger partial charge in [-0.1, -0.05) is 115 Å². The van der Waals surface area contributed by atoms with E-state index >= 15 is 0 Å². The minimum atomic E-state index is 0.785. The molecule has 0 spiro atoms. The normalized spacial score (nSPS) is 11.4. The molecule has 0 aliphatic heterocycles. The van der Waals surface area contributed by atoms with Crippen molar-refractivity contribution in [2.45, 2.75) is 0 Å². The number of hydrogen-bond donors (Lipinski definition) is 2. The molecule has 0 saturated heterocycles. The molecule has 0 fully saturated rings. The molecule has 5 heteroatoms. The molecular weight excluding hydrogens is 659 g/mol. The average molecular weight is 692 g/mol. The van der Waals surface area contributed by atoms with Gasteiger partial charge < -0.3 is 10.7 Å². The van der Waals surface area contributed by atoms with Crippen LogP contribution in [0.3, 0.4) is 0 Å². The van der Waals surface area contributed by atoms with E-state index in [1.807, 2.05) is 72.9 Å². The Morgan fingerprint density at radius 2 is 1.24 bits per heavy atom. The second-order valence-corrected chi connectivity index (χ2v) is 13.5. The molecule has 5 nitrogen and oxygen atoms in total. The highest BCUT2D eigenvalue weighted by Gasteiger charge is 2.22. The third-order valence-corrected chi connectivity index (χ3v) is 10.3. The summed E-state index contributed by atoms with van der Waals surface area (Å²) in [5.74, 6) is 0.785. The molecule has 7 aromatic carbocycles. The minimum absolute atomic E-state index is 0.785. The Kier molecular flexibility index (Phi) is 7.55. The molecule has 254 valence electrons. The molecular formula is C49H33N5. The fourth-order valence-corrected chi connectivity index (χ4v) is 7.84. The van der Waals surface area contributed by atoms with Gasteiger partial charge in [-0.2, -0.15) is 0 Å². The summed E-state index contributed by atoms with van der Waals surface area (Å²) in [4.78, 5) is 10.2. The first-order chi connectivity index (χ1) is 26.7. The van der Waals surface area contributed by atoms with E-state index in [0.29, 0.717) is 0 Å². The van der Waals surface area contributed by atoms with Gasteiger partial charge in [0, 0.05) is 56.6 Å². The van der Waals surface area contributed by atoms with Crippen LogP contribution in [-0.4, -0.2) is 20.7 Å². The molecule has 2 N–H and O–H groups in total. The van der Waals surface area contributed by atoms with E-state index in [0.717, 1.165) is 67.1 Å². The number of anilines is 2. The monoisotopic (exact) mass is 691 g/mol. The smallest absolute Gasteiger partial charge is 0.138 e. The molecule has 0 bridgehead atoms. The van der Waals surface area contributed by atoms with Crippen LogP contribution in [0.15, 0.2) is 182 Å². The molecule has 0 radical (unpaired) electrons. The average Bonchev–Trinajstić information content (AvgIpc) is 3.57. The Bertz CT molecular complexity index is 2950. The van der Waals surface area contributed by atoms with Crippen LogP contribution in [-0.2, 0) is 0 Å². The van der Waals surface area contributed by atoms with Crippen molar-refractivity contribution in [3.8, 4) is 39.5 Å². The van der Waals surface area contributed by atoms with Gasteiger partial charge in [-0.25, -0.2) is 4.98 Å². The van der Waals surface area contributed by atoms with Crippen LogP contribution in [0, 0.1) is 5.41 Å². The van der Waals surface area contributed by atoms with Gasteiger partial charge in [0.2, 0.25) is 0 Å². The second-order valence-electron chi connectivity index (χ2n) is 13.5. The van der Waals surface area contributed by atoms with E-state index in [9.17, 15) is 0 Å². The molecule has 0 amide bonds. The Labute approximate surface area is 312 Å². The molecule has 0 aliphatic rings. The highest BCUT2D eigenvalue weighted by Crippen LogP contribution is 2.45. The number of aromatic nitrogens is 3. The van der Waals surface area contributed by atoms with Gasteiger partial charge in [-0.15, -0.1) is 0 Å². The van der Waals surface area contributed by atoms with E-state index in [2.05, 4.69) is 119 Å². The summed E-state index contributed by atoms with van der Waals surface area (Å²) in [7, 11) is 0. The molecule has 0 aliphatic carbocycles. The quantitative estimate of drug-likeness (QED) is 0.129. The van der Waals surface area contributed by atoms with Gasteiger partial charge in [0.25, 0.3) is 0 Å². The molecule has 3 heterocycles. The van der Waals surface area contributed by atoms with Crippen LogP contribution < -0.4 is 5.32 Å². The van der Waals surface area contributed by atoms with Gasteiger partial charge in [0.15, 0.2) is 0 Å². The van der Waals surface area contributed by atoms with E-state index in [4.69, 9.17) is 15.4 Å². The van der Waals surface area contributed by atoms with Crippen molar-refractivity contribution in [3.05, 3.63) is 188 Å². The summed E-state index contributed by atoms with van der Waals surface area (Å²) in [5, 5.41) is 19.1. The standard InChI is InChI=1S/C49H33N5/c50-31-36-27-41-46(30-44(36)52-37-19-8-3-9-20-37)54(47-29-35(42-22-12-13-25-51-42)28-43(53-47)33-16-6-2-7-17-33)45-24-23-39-40(32-14-4-1-5-15-32)26-34-18-10-11-21-38(34)48(39)49(41)45/h1-31,50,52H. The van der Waals surface area contributed by atoms with Gasteiger partial charge in [-0.05, 0) is 87.9 Å². The number of fused-ring (bicyclic) bond motifs is 7. The summed E-state index contributed by atoms with van der Waals surface area (Å²) < 4.78 is 2.29. The maximum absolute atomic E-state index is 8.60. The Balaban J connectivity index is 1.37. The highest BCUT2D eigenvalue weighted by molar-refractivity contribution is 6.31. The van der Waals surface area contributed by atoms with Crippen molar-refractivity contribution in [2.75, 3.05) is 5.32 Å². The first-order valence-electron chi connectivity index (χ1n) is 18.1. The largest absolute Gasteiger partial charge is 0.355 e. The van der Waals surface area contributed by atoms with Crippen molar-refractivity contribution in [1.82, 2.24) is 14.5 Å². The van der Waals surface area contributed by atoms with Crippen molar-refractivity contribution < 1.29 is 0 Å². The predicted molar refractivity (Wildman–Crippen MR) is 225 cm³/mol. The lowest BCUT2D eigenvalue weighted by Gasteiger charge is -2.15. The van der Waals surface area contributed by atoms with Crippen LogP contribution in [0.5, 0.6) is 0 Å². The zero-order valence-corrected chi connectivity index (χ0v) is 29.2. The fraction of sp³-hybridized carbons (Fsp3) is 0. The number of rotatable bonds is 7. The van der Waals surface area contributed by atoms with E-state index in [1.54, 1.807) is 0 Å². The first-order valence-corrected chi connectivity index (χ1v) is 18.1. The first kappa shape index (κ1) is 31.4. The fourth-order valence-electron chi connectivity index (χ4n) is 7.84. The van der Waals surface area contributed by atoms with Crippen LogP contribution in [0.25, 0.3) is 82.8 Å². The summed E-state index contributed by atoms with van der Waals surface area (Å²) in [6.45, 7) is 0. The van der Waals surface area contributed by atoms with Crippen LogP contribution in [0.1, 0.15) is 5.56 Å². The van der Waals surface area contributed by atoms with Crippen molar-refractivity contribution in [1.29, 1.82) is 5.41 Å². The van der Waals surface area contributed by atoms with Crippen molar-refractivity contribution in [3.63, 3.8) is 0 Å². The molecule has 0 saturated carbocycles. The molecule has 10 rings (SSSR count). The number of para-hydroxylation sites is 1. The predicted octanol–water partition coefficient (Wildman–Crippen LogP) is 12.6. The van der Waals surface area contributed by atoms with Gasteiger partial charge in [0.1, 0.15) is 5.82 Å². The lowest BCUT2D eigenvalue weighted by atomic mass is 9.91. The van der Waals surface area contributed by atoms with E-state index < -0.39 is 0 Å². The molecule has 0 atom stereocenters. The summed E-state index contributed by atoms with van der Waals surface area (Å²) in [6.07, 6.45) is 3.28. The number of nitrogens with one attached hydrogen (secondary N) is 2. The summed E-state index contributed by atoms with van der Waals surface area (Å²) in [5.41, 5.74) is 10.7. The highest BCUT2D eigenvalue weighted by atomic mass is 15.1. The molecule has 54 heavy (non-hydrogen) atoms. The number of benzene rings is 7. The Morgan fingerprint density at radius 3 is 2.00 bits per heavy atom. The van der Waals surface area contributed by atoms with Crippen molar-refractivity contribution in [2.24, 2.45) is 0 Å². The van der Waals surface area contributed by atoms with Crippen LogP contribution >= 0.6 is 0 Å². The maximum atomic E-state index is 8.60. The third-order valence-electron chi connectivity index (χ3n) is 10.3. The van der Waals surface area contributed by atoms with Crippen molar-refractivity contribution >= 4 is 60.9 Å². The topological polar surface area (TPSA) is 66.6 Å².